The van der Waals surface area contributed by atoms with E-state index in [0.717, 1.165) is 30.2 Å². The van der Waals surface area contributed by atoms with Gasteiger partial charge in [-0.2, -0.15) is 0 Å². The predicted molar refractivity (Wildman–Crippen MR) is 96.2 cm³/mol. The summed E-state index contributed by atoms with van der Waals surface area (Å²) in [5.74, 6) is -0.360. The maximum absolute atomic E-state index is 12.3. The number of pyridine rings is 1. The normalized spacial score (nSPS) is 21.5. The second-order valence-corrected chi connectivity index (χ2v) is 6.81. The summed E-state index contributed by atoms with van der Waals surface area (Å²) >= 11 is 0. The molecule has 2 aromatic rings. The van der Waals surface area contributed by atoms with Gasteiger partial charge in [0.2, 0.25) is 0 Å². The summed E-state index contributed by atoms with van der Waals surface area (Å²) < 4.78 is 5.31. The van der Waals surface area contributed by atoms with Gasteiger partial charge < -0.3 is 10.1 Å². The Hall–Kier alpha value is -2.43. The lowest BCUT2D eigenvalue weighted by Crippen LogP contribution is -2.46. The van der Waals surface area contributed by atoms with Gasteiger partial charge in [0.05, 0.1) is 5.52 Å². The van der Waals surface area contributed by atoms with Gasteiger partial charge in [-0.05, 0) is 37.8 Å². The Bertz CT molecular complexity index is 774. The number of benzene rings is 1. The Morgan fingerprint density at radius 1 is 1.16 bits per heavy atom. The first-order valence-electron chi connectivity index (χ1n) is 8.92. The Morgan fingerprint density at radius 3 is 2.72 bits per heavy atom. The average molecular weight is 340 g/mol. The zero-order chi connectivity index (χ0) is 17.8. The van der Waals surface area contributed by atoms with Crippen molar-refractivity contribution >= 4 is 22.8 Å². The minimum Gasteiger partial charge on any atom is -0.448 e. The number of carbonyl (C=O) groups is 2. The first-order chi connectivity index (χ1) is 12.0. The molecule has 132 valence electrons. The fourth-order valence-electron chi connectivity index (χ4n) is 3.28. The first-order valence-corrected chi connectivity index (χ1v) is 8.92. The monoisotopic (exact) mass is 340 g/mol. The fraction of sp³-hybridized carbons (Fsp3) is 0.450. The van der Waals surface area contributed by atoms with Gasteiger partial charge in [-0.1, -0.05) is 44.0 Å². The van der Waals surface area contributed by atoms with Crippen LogP contribution in [0.15, 0.2) is 36.4 Å². The number of nitrogens with one attached hydrogen (secondary N) is 1. The van der Waals surface area contributed by atoms with Crippen LogP contribution in [0.4, 0.5) is 0 Å². The number of aromatic nitrogens is 1. The molecule has 0 radical (unpaired) electrons. The van der Waals surface area contributed by atoms with Crippen molar-refractivity contribution in [3.63, 3.8) is 0 Å². The molecule has 5 heteroatoms. The number of amides is 1. The highest BCUT2D eigenvalue weighted by Gasteiger charge is 2.26. The minimum absolute atomic E-state index is 0.168. The first kappa shape index (κ1) is 17.4. The zero-order valence-electron chi connectivity index (χ0n) is 14.7. The average Bonchev–Trinajstić information content (AvgIpc) is 2.63. The van der Waals surface area contributed by atoms with Crippen molar-refractivity contribution in [2.45, 2.75) is 51.7 Å². The van der Waals surface area contributed by atoms with E-state index in [9.17, 15) is 9.59 Å². The summed E-state index contributed by atoms with van der Waals surface area (Å²) in [5, 5.41) is 3.97. The van der Waals surface area contributed by atoms with Crippen molar-refractivity contribution in [2.75, 3.05) is 0 Å². The van der Waals surface area contributed by atoms with Crippen molar-refractivity contribution < 1.29 is 14.3 Å². The molecule has 1 N–H and O–H groups in total. The van der Waals surface area contributed by atoms with Crippen LogP contribution in [0, 0.1) is 5.92 Å². The molecule has 0 spiro atoms. The van der Waals surface area contributed by atoms with Gasteiger partial charge in [0, 0.05) is 11.4 Å². The highest BCUT2D eigenvalue weighted by atomic mass is 16.5. The van der Waals surface area contributed by atoms with Crippen molar-refractivity contribution in [2.24, 2.45) is 5.92 Å². The molecule has 3 atom stereocenters. The summed E-state index contributed by atoms with van der Waals surface area (Å²) in [6, 6.07) is 11.2. The molecule has 3 rings (SSSR count). The Balaban J connectivity index is 1.61. The van der Waals surface area contributed by atoms with E-state index in [4.69, 9.17) is 4.74 Å². The van der Waals surface area contributed by atoms with Crippen LogP contribution in [-0.4, -0.2) is 29.0 Å². The molecule has 0 unspecified atom stereocenters. The smallest absolute Gasteiger partial charge is 0.357 e. The number of fused-ring (bicyclic) bond motifs is 1. The van der Waals surface area contributed by atoms with E-state index in [1.165, 1.54) is 6.42 Å². The van der Waals surface area contributed by atoms with Crippen LogP contribution in [0.1, 0.15) is 50.0 Å². The number of rotatable bonds is 4. The fourth-order valence-corrected chi connectivity index (χ4v) is 3.28. The van der Waals surface area contributed by atoms with E-state index >= 15 is 0 Å². The largest absolute Gasteiger partial charge is 0.448 e. The number of nitrogens with zero attached hydrogens (tertiary/aromatic N) is 1. The Labute approximate surface area is 147 Å². The molecular formula is C20H24N2O3. The maximum Gasteiger partial charge on any atom is 0.357 e. The molecule has 1 aliphatic rings. The summed E-state index contributed by atoms with van der Waals surface area (Å²) in [6.07, 6.45) is 3.62. The van der Waals surface area contributed by atoms with E-state index in [1.54, 1.807) is 13.0 Å². The van der Waals surface area contributed by atoms with E-state index in [1.807, 2.05) is 30.3 Å². The molecule has 1 aromatic heterocycles. The zero-order valence-corrected chi connectivity index (χ0v) is 14.7. The lowest BCUT2D eigenvalue weighted by molar-refractivity contribution is -0.130. The highest BCUT2D eigenvalue weighted by molar-refractivity contribution is 5.93. The third kappa shape index (κ3) is 4.16. The summed E-state index contributed by atoms with van der Waals surface area (Å²) in [4.78, 5) is 28.9. The van der Waals surface area contributed by atoms with E-state index < -0.39 is 12.1 Å². The number of hydrogen-bond acceptors (Lipinski definition) is 4. The summed E-state index contributed by atoms with van der Waals surface area (Å²) in [5.41, 5.74) is 0.939. The highest BCUT2D eigenvalue weighted by Crippen LogP contribution is 2.23. The van der Waals surface area contributed by atoms with Crippen molar-refractivity contribution in [1.29, 1.82) is 0 Å². The number of para-hydroxylation sites is 1. The quantitative estimate of drug-likeness (QED) is 0.865. The Kier molecular flexibility index (Phi) is 5.31. The summed E-state index contributed by atoms with van der Waals surface area (Å²) in [6.45, 7) is 3.75. The molecule has 0 bridgehead atoms. The van der Waals surface area contributed by atoms with Crippen molar-refractivity contribution in [3.8, 4) is 0 Å². The second kappa shape index (κ2) is 7.64. The summed E-state index contributed by atoms with van der Waals surface area (Å²) in [7, 11) is 0. The molecule has 1 fully saturated rings. The third-order valence-electron chi connectivity index (χ3n) is 4.90. The van der Waals surface area contributed by atoms with Gasteiger partial charge in [0.25, 0.3) is 5.91 Å². The Morgan fingerprint density at radius 2 is 1.92 bits per heavy atom. The van der Waals surface area contributed by atoms with Gasteiger partial charge >= 0.3 is 5.97 Å². The molecule has 1 aromatic carbocycles. The van der Waals surface area contributed by atoms with Gasteiger partial charge in [0.1, 0.15) is 5.69 Å². The van der Waals surface area contributed by atoms with Crippen LogP contribution in [0.25, 0.3) is 10.9 Å². The molecule has 0 saturated heterocycles. The van der Waals surface area contributed by atoms with E-state index in [2.05, 4.69) is 17.2 Å². The second-order valence-electron chi connectivity index (χ2n) is 6.81. The van der Waals surface area contributed by atoms with Crippen LogP contribution in [0.3, 0.4) is 0 Å². The van der Waals surface area contributed by atoms with Crippen LogP contribution < -0.4 is 5.32 Å². The molecule has 1 amide bonds. The molecule has 5 nitrogen and oxygen atoms in total. The van der Waals surface area contributed by atoms with E-state index in [0.29, 0.717) is 5.92 Å². The van der Waals surface area contributed by atoms with Crippen LogP contribution in [0.5, 0.6) is 0 Å². The number of esters is 1. The van der Waals surface area contributed by atoms with Crippen molar-refractivity contribution in [1.82, 2.24) is 10.3 Å². The lowest BCUT2D eigenvalue weighted by atomic mass is 9.86. The standard InChI is InChI=1S/C20H24N2O3/c1-13-7-3-5-9-16(13)22-19(23)14(2)25-20(24)18-12-11-15-8-4-6-10-17(15)21-18/h4,6,8,10-14,16H,3,5,7,9H2,1-2H3,(H,22,23)/t13-,14+,16-/m1/s1. The maximum atomic E-state index is 12.3. The topological polar surface area (TPSA) is 68.3 Å². The minimum atomic E-state index is -0.838. The number of hydrogen-bond donors (Lipinski definition) is 1. The molecular weight excluding hydrogens is 316 g/mol. The van der Waals surface area contributed by atoms with Crippen LogP contribution >= 0.6 is 0 Å². The van der Waals surface area contributed by atoms with Crippen LogP contribution in [-0.2, 0) is 9.53 Å². The number of carbonyl (C=O) groups excluding carboxylic acids is 2. The van der Waals surface area contributed by atoms with Gasteiger partial charge in [0.15, 0.2) is 6.10 Å². The van der Waals surface area contributed by atoms with E-state index in [-0.39, 0.29) is 17.6 Å². The SMILES string of the molecule is C[C@H](OC(=O)c1ccc2ccccc2n1)C(=O)N[C@@H]1CCCC[C@H]1C. The molecule has 0 aliphatic heterocycles. The van der Waals surface area contributed by atoms with Crippen LogP contribution in [0.2, 0.25) is 0 Å². The van der Waals surface area contributed by atoms with Crippen molar-refractivity contribution in [3.05, 3.63) is 42.1 Å². The number of ether oxygens (including phenoxy) is 1. The predicted octanol–water partition coefficient (Wildman–Crippen LogP) is 3.48. The van der Waals surface area contributed by atoms with Gasteiger partial charge in [-0.15, -0.1) is 0 Å². The lowest BCUT2D eigenvalue weighted by Gasteiger charge is -2.30. The molecule has 1 saturated carbocycles. The van der Waals surface area contributed by atoms with Gasteiger partial charge in [-0.25, -0.2) is 9.78 Å². The molecule has 1 heterocycles. The van der Waals surface area contributed by atoms with Gasteiger partial charge in [-0.3, -0.25) is 4.79 Å². The molecule has 25 heavy (non-hydrogen) atoms. The third-order valence-corrected chi connectivity index (χ3v) is 4.90. The molecule has 1 aliphatic carbocycles.